The first-order valence-electron chi connectivity index (χ1n) is 12.1. The van der Waals surface area contributed by atoms with E-state index in [1.165, 1.54) is 0 Å². The van der Waals surface area contributed by atoms with Crippen molar-refractivity contribution in [1.82, 2.24) is 14.5 Å². The predicted molar refractivity (Wildman–Crippen MR) is 138 cm³/mol. The first-order chi connectivity index (χ1) is 16.5. The van der Waals surface area contributed by atoms with Gasteiger partial charge < -0.3 is 9.64 Å². The molecule has 0 N–H and O–H groups in total. The molecule has 1 heterocycles. The average Bonchev–Trinajstić information content (AvgIpc) is 2.84. The Morgan fingerprint density at radius 1 is 1.12 bits per heavy atom. The molecule has 0 saturated carbocycles. The third-order valence-electron chi connectivity index (χ3n) is 6.03. The molecular formula is C27H34ClN3O3. The molecule has 6 nitrogen and oxygen atoms in total. The Labute approximate surface area is 206 Å². The highest BCUT2D eigenvalue weighted by Crippen LogP contribution is 2.27. The van der Waals surface area contributed by atoms with Gasteiger partial charge in [0.1, 0.15) is 5.82 Å². The van der Waals surface area contributed by atoms with Crippen molar-refractivity contribution in [2.45, 2.75) is 58.4 Å². The van der Waals surface area contributed by atoms with Crippen LogP contribution in [0, 0.1) is 0 Å². The molecule has 0 spiro atoms. The lowest BCUT2D eigenvalue weighted by Gasteiger charge is -2.32. The maximum atomic E-state index is 13.7. The van der Waals surface area contributed by atoms with E-state index in [1.54, 1.807) is 29.9 Å². The van der Waals surface area contributed by atoms with Crippen LogP contribution >= 0.6 is 11.6 Å². The Bertz CT molecular complexity index is 1160. The van der Waals surface area contributed by atoms with Crippen LogP contribution in [0.15, 0.2) is 53.3 Å². The van der Waals surface area contributed by atoms with Crippen molar-refractivity contribution in [2.75, 3.05) is 20.3 Å². The van der Waals surface area contributed by atoms with Gasteiger partial charge in [-0.25, -0.2) is 4.98 Å². The summed E-state index contributed by atoms with van der Waals surface area (Å²) in [6.07, 6.45) is 5.18. The van der Waals surface area contributed by atoms with Gasteiger partial charge in [-0.2, -0.15) is 0 Å². The van der Waals surface area contributed by atoms with Gasteiger partial charge in [-0.15, -0.1) is 0 Å². The van der Waals surface area contributed by atoms with Crippen LogP contribution < -0.4 is 5.56 Å². The van der Waals surface area contributed by atoms with E-state index in [-0.39, 0.29) is 17.5 Å². The summed E-state index contributed by atoms with van der Waals surface area (Å²) in [5, 5.41) is 1.05. The van der Waals surface area contributed by atoms with Gasteiger partial charge in [-0.1, -0.05) is 62.9 Å². The molecule has 0 radical (unpaired) electrons. The molecule has 34 heavy (non-hydrogen) atoms. The molecule has 1 aromatic heterocycles. The Morgan fingerprint density at radius 3 is 2.62 bits per heavy atom. The van der Waals surface area contributed by atoms with Crippen molar-refractivity contribution >= 4 is 28.4 Å². The summed E-state index contributed by atoms with van der Waals surface area (Å²) in [6, 6.07) is 14.1. The molecule has 2 aromatic carbocycles. The highest BCUT2D eigenvalue weighted by Gasteiger charge is 2.28. The van der Waals surface area contributed by atoms with Crippen LogP contribution in [0.25, 0.3) is 16.6 Å². The number of benzene rings is 2. The van der Waals surface area contributed by atoms with Gasteiger partial charge >= 0.3 is 0 Å². The van der Waals surface area contributed by atoms with Gasteiger partial charge in [0.15, 0.2) is 0 Å². The first kappa shape index (κ1) is 25.9. The van der Waals surface area contributed by atoms with Crippen LogP contribution in [0.1, 0.15) is 64.2 Å². The van der Waals surface area contributed by atoms with Crippen LogP contribution in [0.3, 0.4) is 0 Å². The first-order valence-corrected chi connectivity index (χ1v) is 12.5. The molecule has 0 aliphatic heterocycles. The lowest BCUT2D eigenvalue weighted by Crippen LogP contribution is -2.40. The molecule has 7 heteroatoms. The number of carbonyl (C=O) groups is 1. The fourth-order valence-electron chi connectivity index (χ4n) is 4.27. The summed E-state index contributed by atoms with van der Waals surface area (Å²) in [5.41, 5.74) is 1.07. The Kier molecular flexibility index (Phi) is 9.66. The number of para-hydroxylation sites is 1. The van der Waals surface area contributed by atoms with Gasteiger partial charge in [0.2, 0.25) is 5.91 Å². The van der Waals surface area contributed by atoms with E-state index in [1.807, 2.05) is 42.2 Å². The van der Waals surface area contributed by atoms with Gasteiger partial charge in [-0.05, 0) is 43.2 Å². The largest absolute Gasteiger partial charge is 0.383 e. The van der Waals surface area contributed by atoms with Gasteiger partial charge in [-0.3, -0.25) is 14.2 Å². The van der Waals surface area contributed by atoms with Crippen molar-refractivity contribution in [3.63, 3.8) is 0 Å². The normalized spacial score (nSPS) is 12.1. The summed E-state index contributed by atoms with van der Waals surface area (Å²) in [4.78, 5) is 33.8. The van der Waals surface area contributed by atoms with Crippen molar-refractivity contribution in [3.8, 4) is 5.69 Å². The van der Waals surface area contributed by atoms with Gasteiger partial charge in [0.25, 0.3) is 5.56 Å². The molecular weight excluding hydrogens is 450 g/mol. The number of amides is 1. The van der Waals surface area contributed by atoms with Crippen LogP contribution in [0.2, 0.25) is 5.02 Å². The maximum absolute atomic E-state index is 13.7. The monoisotopic (exact) mass is 483 g/mol. The zero-order valence-electron chi connectivity index (χ0n) is 20.3. The van der Waals surface area contributed by atoms with Crippen molar-refractivity contribution in [2.24, 2.45) is 0 Å². The summed E-state index contributed by atoms with van der Waals surface area (Å²) < 4.78 is 6.92. The molecule has 1 unspecified atom stereocenters. The third kappa shape index (κ3) is 6.05. The number of hydrogen-bond donors (Lipinski definition) is 0. The molecule has 0 fully saturated rings. The number of fused-ring (bicyclic) bond motifs is 1. The Hall–Kier alpha value is -2.70. The molecule has 182 valence electrons. The Morgan fingerprint density at radius 2 is 1.91 bits per heavy atom. The van der Waals surface area contributed by atoms with E-state index in [4.69, 9.17) is 21.3 Å². The number of nitrogens with zero attached hydrogens (tertiary/aromatic N) is 3. The highest BCUT2D eigenvalue weighted by atomic mass is 35.5. The second-order valence-corrected chi connectivity index (χ2v) is 8.86. The summed E-state index contributed by atoms with van der Waals surface area (Å²) in [7, 11) is 1.63. The summed E-state index contributed by atoms with van der Waals surface area (Å²) in [5.74, 6) is 0.589. The minimum absolute atomic E-state index is 0.0556. The number of carbonyl (C=O) groups excluding carboxylic acids is 1. The zero-order valence-corrected chi connectivity index (χ0v) is 21.1. The molecule has 0 bridgehead atoms. The molecule has 3 aromatic rings. The molecule has 1 amide bonds. The fourth-order valence-corrected chi connectivity index (χ4v) is 4.46. The van der Waals surface area contributed by atoms with E-state index in [0.717, 1.165) is 25.7 Å². The summed E-state index contributed by atoms with van der Waals surface area (Å²) >= 11 is 6.28. The molecule has 3 rings (SSSR count). The maximum Gasteiger partial charge on any atom is 0.266 e. The van der Waals surface area contributed by atoms with Crippen molar-refractivity contribution in [1.29, 1.82) is 0 Å². The van der Waals surface area contributed by atoms with Crippen LogP contribution in [-0.2, 0) is 9.53 Å². The fraction of sp³-hybridized carbons (Fsp3) is 0.444. The smallest absolute Gasteiger partial charge is 0.266 e. The second kappa shape index (κ2) is 12.7. The number of unbranched alkanes of at least 4 members (excludes halogenated alkanes) is 3. The topological polar surface area (TPSA) is 64.4 Å². The van der Waals surface area contributed by atoms with Gasteiger partial charge in [0.05, 0.1) is 29.2 Å². The molecule has 0 aliphatic rings. The van der Waals surface area contributed by atoms with E-state index < -0.39 is 0 Å². The number of aromatic nitrogens is 2. The predicted octanol–water partition coefficient (Wildman–Crippen LogP) is 5.94. The molecule has 0 aliphatic carbocycles. The number of methoxy groups -OCH3 is 1. The van der Waals surface area contributed by atoms with E-state index in [2.05, 4.69) is 6.92 Å². The minimum atomic E-state index is -0.384. The SMILES string of the molecule is CCCCCCC(=O)N(CCOC)C(CC)c1nc2ccccc2c(=O)n1-c1cccc(Cl)c1. The zero-order chi connectivity index (χ0) is 24.5. The van der Waals surface area contributed by atoms with Crippen LogP contribution in [0.5, 0.6) is 0 Å². The Balaban J connectivity index is 2.14. The number of rotatable bonds is 12. The van der Waals surface area contributed by atoms with E-state index in [9.17, 15) is 9.59 Å². The number of ether oxygens (including phenoxy) is 1. The summed E-state index contributed by atoms with van der Waals surface area (Å²) in [6.45, 7) is 5.00. The quantitative estimate of drug-likeness (QED) is 0.299. The average molecular weight is 484 g/mol. The van der Waals surface area contributed by atoms with Crippen molar-refractivity contribution in [3.05, 3.63) is 69.7 Å². The van der Waals surface area contributed by atoms with Crippen LogP contribution in [-0.4, -0.2) is 40.6 Å². The van der Waals surface area contributed by atoms with Crippen molar-refractivity contribution < 1.29 is 9.53 Å². The lowest BCUT2D eigenvalue weighted by atomic mass is 10.1. The van der Waals surface area contributed by atoms with E-state index in [0.29, 0.717) is 53.4 Å². The molecule has 1 atom stereocenters. The minimum Gasteiger partial charge on any atom is -0.383 e. The standard InChI is InChI=1S/C27H34ClN3O3/c1-4-6-7-8-16-25(32)30(17-18-34-3)24(5-2)26-29-23-15-10-9-14-22(23)27(33)31(26)21-13-11-12-20(28)19-21/h9-15,19,24H,4-8,16-18H2,1-3H3. The van der Waals surface area contributed by atoms with Crippen LogP contribution in [0.4, 0.5) is 0 Å². The molecule has 0 saturated heterocycles. The second-order valence-electron chi connectivity index (χ2n) is 8.42. The number of halogens is 1. The highest BCUT2D eigenvalue weighted by molar-refractivity contribution is 6.30. The lowest BCUT2D eigenvalue weighted by molar-refractivity contribution is -0.135. The van der Waals surface area contributed by atoms with Gasteiger partial charge in [0, 0.05) is 25.1 Å². The number of hydrogen-bond acceptors (Lipinski definition) is 4. The van der Waals surface area contributed by atoms with E-state index >= 15 is 0 Å². The third-order valence-corrected chi connectivity index (χ3v) is 6.26.